The second-order valence-electron chi connectivity index (χ2n) is 4.39. The van der Waals surface area contributed by atoms with Gasteiger partial charge in [-0.1, -0.05) is 12.8 Å². The summed E-state index contributed by atoms with van der Waals surface area (Å²) >= 11 is 0. The van der Waals surface area contributed by atoms with Crippen LogP contribution in [-0.2, 0) is 0 Å². The Hall–Kier alpha value is -1.36. The minimum atomic E-state index is 0.180. The Morgan fingerprint density at radius 3 is 3.06 bits per heavy atom. The molecule has 1 fully saturated rings. The number of anilines is 2. The van der Waals surface area contributed by atoms with Crippen LogP contribution in [0, 0.1) is 0 Å². The van der Waals surface area contributed by atoms with E-state index in [2.05, 4.69) is 20.2 Å². The molecule has 0 saturated carbocycles. The van der Waals surface area contributed by atoms with Crippen LogP contribution in [0.4, 0.5) is 11.6 Å². The highest BCUT2D eigenvalue weighted by Crippen LogP contribution is 2.22. The Balaban J connectivity index is 2.21. The molecule has 1 aliphatic rings. The van der Waals surface area contributed by atoms with Gasteiger partial charge in [0.15, 0.2) is 0 Å². The number of aromatic nitrogens is 2. The van der Waals surface area contributed by atoms with Crippen LogP contribution in [0.2, 0.25) is 0 Å². The molecular formula is C12H20N4O. The van der Waals surface area contributed by atoms with Gasteiger partial charge in [-0.2, -0.15) is 0 Å². The molecule has 0 aliphatic carbocycles. The summed E-state index contributed by atoms with van der Waals surface area (Å²) in [6.07, 6.45) is 8.07. The number of hydrogen-bond donors (Lipinski definition) is 2. The van der Waals surface area contributed by atoms with Crippen LogP contribution in [0.15, 0.2) is 12.4 Å². The molecule has 5 nitrogen and oxygen atoms in total. The lowest BCUT2D eigenvalue weighted by molar-refractivity contribution is 0.254. The molecule has 5 heteroatoms. The van der Waals surface area contributed by atoms with Crippen LogP contribution in [0.3, 0.4) is 0 Å². The summed E-state index contributed by atoms with van der Waals surface area (Å²) in [5, 5.41) is 12.5. The molecule has 2 heterocycles. The van der Waals surface area contributed by atoms with Crippen molar-refractivity contribution in [2.45, 2.75) is 31.7 Å². The monoisotopic (exact) mass is 236 g/mol. The van der Waals surface area contributed by atoms with Crippen molar-refractivity contribution < 1.29 is 5.11 Å². The highest BCUT2D eigenvalue weighted by molar-refractivity contribution is 5.44. The number of hydrogen-bond acceptors (Lipinski definition) is 5. The summed E-state index contributed by atoms with van der Waals surface area (Å²) in [6, 6.07) is 0.180. The standard InChI is InChI=1S/C12H20N4O/c1-13-11-7-14-8-12(15-11)16-6-4-2-3-5-10(16)9-17/h7-8,10,17H,2-6,9H2,1H3,(H,13,15). The van der Waals surface area contributed by atoms with Gasteiger partial charge in [-0.25, -0.2) is 4.98 Å². The van der Waals surface area contributed by atoms with Gasteiger partial charge in [0.1, 0.15) is 11.6 Å². The van der Waals surface area contributed by atoms with E-state index in [1.165, 1.54) is 12.8 Å². The zero-order valence-electron chi connectivity index (χ0n) is 10.3. The van der Waals surface area contributed by atoms with E-state index in [-0.39, 0.29) is 12.6 Å². The lowest BCUT2D eigenvalue weighted by Crippen LogP contribution is -2.38. The summed E-state index contributed by atoms with van der Waals surface area (Å²) in [5.41, 5.74) is 0. The first-order chi connectivity index (χ1) is 8.35. The van der Waals surface area contributed by atoms with Crippen molar-refractivity contribution in [2.24, 2.45) is 0 Å². The smallest absolute Gasteiger partial charge is 0.149 e. The van der Waals surface area contributed by atoms with E-state index in [4.69, 9.17) is 0 Å². The van der Waals surface area contributed by atoms with E-state index in [1.807, 2.05) is 7.05 Å². The Morgan fingerprint density at radius 2 is 2.29 bits per heavy atom. The molecule has 1 aromatic heterocycles. The fourth-order valence-corrected chi connectivity index (χ4v) is 2.28. The average Bonchev–Trinajstić information content (AvgIpc) is 2.63. The zero-order valence-corrected chi connectivity index (χ0v) is 10.3. The first-order valence-corrected chi connectivity index (χ1v) is 6.22. The average molecular weight is 236 g/mol. The van der Waals surface area contributed by atoms with Gasteiger partial charge < -0.3 is 15.3 Å². The highest BCUT2D eigenvalue weighted by Gasteiger charge is 2.21. The van der Waals surface area contributed by atoms with E-state index < -0.39 is 0 Å². The molecule has 1 unspecified atom stereocenters. The number of nitrogens with one attached hydrogen (secondary N) is 1. The summed E-state index contributed by atoms with van der Waals surface area (Å²) < 4.78 is 0. The van der Waals surface area contributed by atoms with Crippen molar-refractivity contribution in [1.29, 1.82) is 0 Å². The first kappa shape index (κ1) is 12.1. The number of aliphatic hydroxyl groups excluding tert-OH is 1. The fourth-order valence-electron chi connectivity index (χ4n) is 2.28. The molecule has 0 spiro atoms. The van der Waals surface area contributed by atoms with E-state index in [0.29, 0.717) is 0 Å². The molecule has 1 aromatic rings. The van der Waals surface area contributed by atoms with Gasteiger partial charge in [0, 0.05) is 13.6 Å². The van der Waals surface area contributed by atoms with Crippen LogP contribution >= 0.6 is 0 Å². The highest BCUT2D eigenvalue weighted by atomic mass is 16.3. The zero-order chi connectivity index (χ0) is 12.1. The minimum Gasteiger partial charge on any atom is -0.394 e. The van der Waals surface area contributed by atoms with Crippen molar-refractivity contribution in [3.8, 4) is 0 Å². The third-order valence-electron chi connectivity index (χ3n) is 3.26. The molecular weight excluding hydrogens is 216 g/mol. The van der Waals surface area contributed by atoms with Crippen LogP contribution in [0.5, 0.6) is 0 Å². The number of aliphatic hydroxyl groups is 1. The third-order valence-corrected chi connectivity index (χ3v) is 3.26. The van der Waals surface area contributed by atoms with E-state index in [1.54, 1.807) is 12.4 Å². The second-order valence-corrected chi connectivity index (χ2v) is 4.39. The van der Waals surface area contributed by atoms with Crippen molar-refractivity contribution in [3.63, 3.8) is 0 Å². The summed E-state index contributed by atoms with van der Waals surface area (Å²) in [4.78, 5) is 10.9. The molecule has 17 heavy (non-hydrogen) atoms. The maximum absolute atomic E-state index is 9.47. The predicted octanol–water partition coefficient (Wildman–Crippen LogP) is 1.26. The molecule has 2 rings (SSSR count). The van der Waals surface area contributed by atoms with Crippen molar-refractivity contribution in [3.05, 3.63) is 12.4 Å². The second kappa shape index (κ2) is 5.82. The van der Waals surface area contributed by atoms with Crippen molar-refractivity contribution in [1.82, 2.24) is 9.97 Å². The normalized spacial score (nSPS) is 21.1. The van der Waals surface area contributed by atoms with Crippen LogP contribution in [-0.4, -0.2) is 41.3 Å². The minimum absolute atomic E-state index is 0.180. The molecule has 0 amide bonds. The lowest BCUT2D eigenvalue weighted by Gasteiger charge is -2.29. The van der Waals surface area contributed by atoms with E-state index in [0.717, 1.165) is 31.0 Å². The van der Waals surface area contributed by atoms with Gasteiger partial charge in [-0.05, 0) is 12.8 Å². The largest absolute Gasteiger partial charge is 0.394 e. The van der Waals surface area contributed by atoms with Gasteiger partial charge >= 0.3 is 0 Å². The van der Waals surface area contributed by atoms with Gasteiger partial charge in [0.25, 0.3) is 0 Å². The van der Waals surface area contributed by atoms with Gasteiger partial charge in [-0.15, -0.1) is 0 Å². The Bertz CT molecular complexity index is 358. The third kappa shape index (κ3) is 2.85. The first-order valence-electron chi connectivity index (χ1n) is 6.22. The summed E-state index contributed by atoms with van der Waals surface area (Å²) in [7, 11) is 1.83. The molecule has 1 aliphatic heterocycles. The molecule has 2 N–H and O–H groups in total. The van der Waals surface area contributed by atoms with Gasteiger partial charge in [0.2, 0.25) is 0 Å². The lowest BCUT2D eigenvalue weighted by atomic mass is 10.1. The van der Waals surface area contributed by atoms with Crippen molar-refractivity contribution in [2.75, 3.05) is 30.4 Å². The van der Waals surface area contributed by atoms with E-state index in [9.17, 15) is 5.11 Å². The van der Waals surface area contributed by atoms with E-state index >= 15 is 0 Å². The van der Waals surface area contributed by atoms with Crippen LogP contribution < -0.4 is 10.2 Å². The molecule has 1 saturated heterocycles. The molecule has 0 radical (unpaired) electrons. The van der Waals surface area contributed by atoms with Crippen LogP contribution in [0.25, 0.3) is 0 Å². The Morgan fingerprint density at radius 1 is 1.41 bits per heavy atom. The van der Waals surface area contributed by atoms with Gasteiger partial charge in [-0.3, -0.25) is 4.98 Å². The molecule has 0 bridgehead atoms. The Kier molecular flexibility index (Phi) is 4.14. The molecule has 94 valence electrons. The van der Waals surface area contributed by atoms with Crippen LogP contribution in [0.1, 0.15) is 25.7 Å². The summed E-state index contributed by atoms with van der Waals surface area (Å²) in [6.45, 7) is 1.14. The predicted molar refractivity (Wildman–Crippen MR) is 68.3 cm³/mol. The summed E-state index contributed by atoms with van der Waals surface area (Å²) in [5.74, 6) is 1.63. The van der Waals surface area contributed by atoms with Crippen molar-refractivity contribution >= 4 is 11.6 Å². The fraction of sp³-hybridized carbons (Fsp3) is 0.667. The number of rotatable bonds is 3. The maximum Gasteiger partial charge on any atom is 0.149 e. The SMILES string of the molecule is CNc1cncc(N2CCCCCC2CO)n1. The number of nitrogens with zero attached hydrogens (tertiary/aromatic N) is 3. The topological polar surface area (TPSA) is 61.3 Å². The quantitative estimate of drug-likeness (QED) is 0.827. The molecule has 1 atom stereocenters. The molecule has 0 aromatic carbocycles. The van der Waals surface area contributed by atoms with Gasteiger partial charge in [0.05, 0.1) is 25.0 Å². The Labute approximate surface area is 102 Å². The maximum atomic E-state index is 9.47.